The zero-order chi connectivity index (χ0) is 11.1. The molecule has 2 unspecified atom stereocenters. The molecule has 1 saturated carbocycles. The predicted molar refractivity (Wildman–Crippen MR) is 64.4 cm³/mol. The number of aryl methyl sites for hydroxylation is 1. The maximum Gasteiger partial charge on any atom is 0.128 e. The van der Waals surface area contributed by atoms with E-state index in [0.29, 0.717) is 17.5 Å². The molecule has 0 amide bonds. The van der Waals surface area contributed by atoms with Gasteiger partial charge in [-0.15, -0.1) is 0 Å². The number of nitrogens with one attached hydrogen (secondary N) is 2. The van der Waals surface area contributed by atoms with Crippen LogP contribution in [0.15, 0.2) is 12.1 Å². The summed E-state index contributed by atoms with van der Waals surface area (Å²) in [5, 5.41) is 6.92. The first-order valence-electron chi connectivity index (χ1n) is 6.04. The van der Waals surface area contributed by atoms with E-state index < -0.39 is 0 Å². The Morgan fingerprint density at radius 3 is 3.00 bits per heavy atom. The molecule has 2 aliphatic rings. The van der Waals surface area contributed by atoms with E-state index in [1.165, 1.54) is 19.3 Å². The van der Waals surface area contributed by atoms with Crippen molar-refractivity contribution in [2.75, 3.05) is 17.2 Å². The van der Waals surface area contributed by atoms with Crippen molar-refractivity contribution in [3.05, 3.63) is 23.5 Å². The van der Waals surface area contributed by atoms with Crippen LogP contribution in [0.3, 0.4) is 0 Å². The molecule has 1 aliphatic carbocycles. The van der Waals surface area contributed by atoms with Crippen LogP contribution in [-0.4, -0.2) is 12.6 Å². The van der Waals surface area contributed by atoms with Crippen molar-refractivity contribution in [2.24, 2.45) is 5.92 Å². The van der Waals surface area contributed by atoms with Crippen LogP contribution < -0.4 is 10.6 Å². The van der Waals surface area contributed by atoms with Crippen molar-refractivity contribution in [2.45, 2.75) is 32.2 Å². The van der Waals surface area contributed by atoms with Crippen molar-refractivity contribution in [3.8, 4) is 0 Å². The van der Waals surface area contributed by atoms with E-state index in [2.05, 4.69) is 10.6 Å². The molecular weight excluding hydrogens is 203 g/mol. The summed E-state index contributed by atoms with van der Waals surface area (Å²) >= 11 is 0. The summed E-state index contributed by atoms with van der Waals surface area (Å²) in [4.78, 5) is 0. The molecule has 1 aromatic carbocycles. The molecule has 1 aromatic rings. The number of hydrogen-bond donors (Lipinski definition) is 2. The summed E-state index contributed by atoms with van der Waals surface area (Å²) in [6.45, 7) is 2.78. The normalized spacial score (nSPS) is 27.4. The number of anilines is 2. The van der Waals surface area contributed by atoms with Gasteiger partial charge in [-0.1, -0.05) is 6.42 Å². The van der Waals surface area contributed by atoms with Gasteiger partial charge in [0.05, 0.1) is 11.4 Å². The van der Waals surface area contributed by atoms with Gasteiger partial charge < -0.3 is 10.6 Å². The Morgan fingerprint density at radius 1 is 1.25 bits per heavy atom. The van der Waals surface area contributed by atoms with Crippen LogP contribution in [0.5, 0.6) is 0 Å². The lowest BCUT2D eigenvalue weighted by atomic mass is 10.0. The third-order valence-electron chi connectivity index (χ3n) is 3.85. The van der Waals surface area contributed by atoms with E-state index in [1.807, 2.05) is 13.0 Å². The lowest BCUT2D eigenvalue weighted by molar-refractivity contribution is 0.537. The van der Waals surface area contributed by atoms with Crippen molar-refractivity contribution < 1.29 is 4.39 Å². The lowest BCUT2D eigenvalue weighted by Crippen LogP contribution is -2.25. The SMILES string of the molecule is Cc1cc2c(cc1F)NCC1CCCC1N2. The highest BCUT2D eigenvalue weighted by molar-refractivity contribution is 5.71. The Morgan fingerprint density at radius 2 is 2.12 bits per heavy atom. The van der Waals surface area contributed by atoms with Crippen LogP contribution in [-0.2, 0) is 0 Å². The number of halogens is 1. The highest BCUT2D eigenvalue weighted by Gasteiger charge is 2.29. The fourth-order valence-corrected chi connectivity index (χ4v) is 2.86. The zero-order valence-electron chi connectivity index (χ0n) is 9.52. The molecule has 0 spiro atoms. The van der Waals surface area contributed by atoms with E-state index in [0.717, 1.165) is 17.9 Å². The Bertz CT molecular complexity index is 417. The Labute approximate surface area is 95.2 Å². The van der Waals surface area contributed by atoms with Crippen LogP contribution in [0.1, 0.15) is 24.8 Å². The quantitative estimate of drug-likeness (QED) is 0.702. The smallest absolute Gasteiger partial charge is 0.128 e. The van der Waals surface area contributed by atoms with Crippen LogP contribution in [0.4, 0.5) is 15.8 Å². The minimum Gasteiger partial charge on any atom is -0.383 e. The first kappa shape index (κ1) is 9.94. The van der Waals surface area contributed by atoms with E-state index >= 15 is 0 Å². The summed E-state index contributed by atoms with van der Waals surface area (Å²) in [6, 6.07) is 4.09. The Kier molecular flexibility index (Phi) is 2.27. The molecular formula is C13H17FN2. The third-order valence-corrected chi connectivity index (χ3v) is 3.85. The monoisotopic (exact) mass is 220 g/mol. The maximum atomic E-state index is 13.5. The molecule has 3 heteroatoms. The second kappa shape index (κ2) is 3.65. The Hall–Kier alpha value is -1.25. The summed E-state index contributed by atoms with van der Waals surface area (Å²) in [5.41, 5.74) is 2.69. The van der Waals surface area contributed by atoms with Gasteiger partial charge in [0.25, 0.3) is 0 Å². The minimum absolute atomic E-state index is 0.125. The third kappa shape index (κ3) is 1.55. The van der Waals surface area contributed by atoms with Gasteiger partial charge in [-0.05, 0) is 43.4 Å². The average molecular weight is 220 g/mol. The van der Waals surface area contributed by atoms with Crippen molar-refractivity contribution in [1.29, 1.82) is 0 Å². The second-order valence-electron chi connectivity index (χ2n) is 4.97. The summed E-state index contributed by atoms with van der Waals surface area (Å²) in [5.74, 6) is 0.566. The molecule has 2 atom stereocenters. The molecule has 1 heterocycles. The first-order chi connectivity index (χ1) is 7.74. The second-order valence-corrected chi connectivity index (χ2v) is 4.97. The molecule has 0 radical (unpaired) electrons. The molecule has 3 rings (SSSR count). The van der Waals surface area contributed by atoms with Crippen molar-refractivity contribution in [3.63, 3.8) is 0 Å². The van der Waals surface area contributed by atoms with Gasteiger partial charge in [0.2, 0.25) is 0 Å². The van der Waals surface area contributed by atoms with Gasteiger partial charge in [-0.2, -0.15) is 0 Å². The fraction of sp³-hybridized carbons (Fsp3) is 0.538. The van der Waals surface area contributed by atoms with Crippen LogP contribution >= 0.6 is 0 Å². The van der Waals surface area contributed by atoms with Gasteiger partial charge in [-0.25, -0.2) is 4.39 Å². The molecule has 0 saturated heterocycles. The number of rotatable bonds is 0. The molecule has 1 fully saturated rings. The van der Waals surface area contributed by atoms with Crippen LogP contribution in [0, 0.1) is 18.7 Å². The zero-order valence-corrected chi connectivity index (χ0v) is 9.52. The maximum absolute atomic E-state index is 13.5. The molecule has 86 valence electrons. The molecule has 0 aromatic heterocycles. The summed E-state index contributed by atoms with van der Waals surface area (Å²) in [7, 11) is 0. The van der Waals surface area contributed by atoms with Gasteiger partial charge in [0.1, 0.15) is 5.82 Å². The molecule has 0 bridgehead atoms. The fourth-order valence-electron chi connectivity index (χ4n) is 2.86. The van der Waals surface area contributed by atoms with Gasteiger partial charge >= 0.3 is 0 Å². The number of benzene rings is 1. The minimum atomic E-state index is -0.125. The molecule has 2 N–H and O–H groups in total. The van der Waals surface area contributed by atoms with Gasteiger partial charge in [0.15, 0.2) is 0 Å². The van der Waals surface area contributed by atoms with Crippen LogP contribution in [0.2, 0.25) is 0 Å². The molecule has 16 heavy (non-hydrogen) atoms. The van der Waals surface area contributed by atoms with E-state index in [9.17, 15) is 4.39 Å². The molecule has 2 nitrogen and oxygen atoms in total. The van der Waals surface area contributed by atoms with Gasteiger partial charge in [-0.3, -0.25) is 0 Å². The lowest BCUT2D eigenvalue weighted by Gasteiger charge is -2.17. The topological polar surface area (TPSA) is 24.1 Å². The van der Waals surface area contributed by atoms with E-state index in [-0.39, 0.29) is 5.82 Å². The predicted octanol–water partition coefficient (Wildman–Crippen LogP) is 3.14. The largest absolute Gasteiger partial charge is 0.383 e. The van der Waals surface area contributed by atoms with Crippen LogP contribution in [0.25, 0.3) is 0 Å². The van der Waals surface area contributed by atoms with E-state index in [1.54, 1.807) is 6.07 Å². The van der Waals surface area contributed by atoms with Crippen molar-refractivity contribution >= 4 is 11.4 Å². The average Bonchev–Trinajstić information content (AvgIpc) is 2.63. The molecule has 1 aliphatic heterocycles. The standard InChI is InChI=1S/C13H17FN2/c1-8-5-13-12(6-10(8)14)15-7-9-3-2-4-11(9)16-13/h5-6,9,11,15-16H,2-4,7H2,1H3. The summed E-state index contributed by atoms with van der Waals surface area (Å²) in [6.07, 6.45) is 3.82. The Balaban J connectivity index is 1.97. The number of fused-ring (bicyclic) bond motifs is 2. The highest BCUT2D eigenvalue weighted by atomic mass is 19.1. The number of hydrogen-bond acceptors (Lipinski definition) is 2. The highest BCUT2D eigenvalue weighted by Crippen LogP contribution is 2.35. The summed E-state index contributed by atoms with van der Waals surface area (Å²) < 4.78 is 13.5. The van der Waals surface area contributed by atoms with Gasteiger partial charge in [0, 0.05) is 12.6 Å². The first-order valence-corrected chi connectivity index (χ1v) is 6.04. The van der Waals surface area contributed by atoms with E-state index in [4.69, 9.17) is 0 Å². The van der Waals surface area contributed by atoms with Crippen molar-refractivity contribution in [1.82, 2.24) is 0 Å².